The monoisotopic (exact) mass is 425 g/mol. The van der Waals surface area contributed by atoms with Gasteiger partial charge in [0.1, 0.15) is 11.4 Å². The smallest absolute Gasteiger partial charge is 0.435 e. The maximum Gasteiger partial charge on any atom is 0.435 e. The largest absolute Gasteiger partial charge is 0.496 e. The van der Waals surface area contributed by atoms with E-state index < -0.39 is 17.8 Å². The van der Waals surface area contributed by atoms with E-state index in [1.165, 1.54) is 11.8 Å². The van der Waals surface area contributed by atoms with Crippen molar-refractivity contribution < 1.29 is 22.7 Å². The molecule has 0 bridgehead atoms. The van der Waals surface area contributed by atoms with E-state index in [2.05, 4.69) is 20.6 Å². The number of hydrogen-bond acceptors (Lipinski definition) is 5. The van der Waals surface area contributed by atoms with Crippen molar-refractivity contribution in [2.24, 2.45) is 0 Å². The fourth-order valence-corrected chi connectivity index (χ4v) is 3.58. The molecule has 0 radical (unpaired) electrons. The zero-order valence-electron chi connectivity index (χ0n) is 17.0. The summed E-state index contributed by atoms with van der Waals surface area (Å²) in [7, 11) is 3.37. The van der Waals surface area contributed by atoms with Crippen LogP contribution in [0, 0.1) is 0 Å². The van der Waals surface area contributed by atoms with Crippen LogP contribution in [0.1, 0.15) is 34.2 Å². The van der Waals surface area contributed by atoms with Crippen molar-refractivity contribution in [3.63, 3.8) is 0 Å². The molecule has 1 aromatic heterocycles. The Morgan fingerprint density at radius 3 is 2.80 bits per heavy atom. The molecule has 1 aliphatic heterocycles. The molecule has 0 saturated carbocycles. The van der Waals surface area contributed by atoms with Crippen LogP contribution in [0.3, 0.4) is 0 Å². The Bertz CT molecular complexity index is 868. The highest BCUT2D eigenvalue weighted by molar-refractivity contribution is 5.92. The van der Waals surface area contributed by atoms with E-state index >= 15 is 0 Å². The number of hydrogen-bond donors (Lipinski definition) is 2. The Balaban J connectivity index is 1.79. The molecule has 2 N–H and O–H groups in total. The summed E-state index contributed by atoms with van der Waals surface area (Å²) in [4.78, 5) is 14.9. The number of rotatable bonds is 8. The van der Waals surface area contributed by atoms with Crippen molar-refractivity contribution in [2.75, 3.05) is 40.3 Å². The second-order valence-corrected chi connectivity index (χ2v) is 7.20. The van der Waals surface area contributed by atoms with Crippen molar-refractivity contribution in [3.05, 3.63) is 47.3 Å². The molecule has 1 aliphatic rings. The molecule has 7 nitrogen and oxygen atoms in total. The van der Waals surface area contributed by atoms with Crippen LogP contribution in [0.15, 0.2) is 30.3 Å². The van der Waals surface area contributed by atoms with Gasteiger partial charge in [0.2, 0.25) is 0 Å². The quantitative estimate of drug-likeness (QED) is 0.679. The van der Waals surface area contributed by atoms with Gasteiger partial charge < -0.3 is 15.4 Å². The molecule has 1 fully saturated rings. The van der Waals surface area contributed by atoms with Crippen LogP contribution >= 0.6 is 0 Å². The van der Waals surface area contributed by atoms with Crippen molar-refractivity contribution >= 4 is 5.91 Å². The van der Waals surface area contributed by atoms with Gasteiger partial charge in [-0.3, -0.25) is 14.4 Å². The molecule has 1 saturated heterocycles. The van der Waals surface area contributed by atoms with Crippen LogP contribution in [-0.2, 0) is 12.7 Å². The van der Waals surface area contributed by atoms with Gasteiger partial charge >= 0.3 is 6.18 Å². The van der Waals surface area contributed by atoms with Crippen molar-refractivity contribution in [1.82, 2.24) is 25.3 Å². The number of halogens is 3. The molecule has 10 heteroatoms. The van der Waals surface area contributed by atoms with Crippen LogP contribution in [0.25, 0.3) is 0 Å². The fourth-order valence-electron chi connectivity index (χ4n) is 3.58. The standard InChI is InChI=1S/C20H26F3N5O2/c1-24-8-10-27-9-7-15(13-27)28-16(11-18(26-28)20(21,22)23)19(29)25-12-14-5-3-4-6-17(14)30-2/h3-6,11,15,24H,7-10,12-13H2,1-2H3,(H,25,29)/t15-/m0/s1. The Morgan fingerprint density at radius 2 is 2.10 bits per heavy atom. The number of carbonyl (C=O) groups is 1. The van der Waals surface area contributed by atoms with Gasteiger partial charge in [0.15, 0.2) is 5.69 Å². The molecule has 0 unspecified atom stereocenters. The summed E-state index contributed by atoms with van der Waals surface area (Å²) in [5.74, 6) is -0.00385. The number of nitrogens with zero attached hydrogens (tertiary/aromatic N) is 3. The number of para-hydroxylation sites is 1. The number of ether oxygens (including phenoxy) is 1. The molecule has 30 heavy (non-hydrogen) atoms. The Morgan fingerprint density at radius 1 is 1.33 bits per heavy atom. The Labute approximate surface area is 173 Å². The second kappa shape index (κ2) is 9.48. The van der Waals surface area contributed by atoms with Gasteiger partial charge in [0.05, 0.1) is 13.2 Å². The minimum atomic E-state index is -4.62. The van der Waals surface area contributed by atoms with Gasteiger partial charge in [-0.15, -0.1) is 0 Å². The molecule has 0 aliphatic carbocycles. The highest BCUT2D eigenvalue weighted by atomic mass is 19.4. The second-order valence-electron chi connectivity index (χ2n) is 7.20. The van der Waals surface area contributed by atoms with Gasteiger partial charge in [0.25, 0.3) is 5.91 Å². The lowest BCUT2D eigenvalue weighted by Gasteiger charge is -2.17. The SMILES string of the molecule is CNCCN1CC[C@H](n2nc(C(F)(F)F)cc2C(=O)NCc2ccccc2OC)C1. The van der Waals surface area contributed by atoms with Crippen LogP contribution in [0.5, 0.6) is 5.75 Å². The van der Waals surface area contributed by atoms with Gasteiger partial charge in [-0.1, -0.05) is 18.2 Å². The average Bonchev–Trinajstić information content (AvgIpc) is 3.37. The number of likely N-dealkylation sites (tertiary alicyclic amines) is 1. The third-order valence-corrected chi connectivity index (χ3v) is 5.16. The normalized spacial score (nSPS) is 17.3. The lowest BCUT2D eigenvalue weighted by molar-refractivity contribution is -0.141. The number of aromatic nitrogens is 2. The zero-order chi connectivity index (χ0) is 21.7. The van der Waals surface area contributed by atoms with Gasteiger partial charge in [0, 0.05) is 44.4 Å². The minimum absolute atomic E-state index is 0.0855. The van der Waals surface area contributed by atoms with Crippen LogP contribution < -0.4 is 15.4 Å². The van der Waals surface area contributed by atoms with Crippen LogP contribution in [0.2, 0.25) is 0 Å². The number of alkyl halides is 3. The first-order chi connectivity index (χ1) is 14.3. The molecule has 1 aromatic carbocycles. The first-order valence-corrected chi connectivity index (χ1v) is 9.77. The highest BCUT2D eigenvalue weighted by Crippen LogP contribution is 2.31. The lowest BCUT2D eigenvalue weighted by Crippen LogP contribution is -2.31. The summed E-state index contributed by atoms with van der Waals surface area (Å²) < 4.78 is 46.3. The van der Waals surface area contributed by atoms with E-state index in [4.69, 9.17) is 4.74 Å². The van der Waals surface area contributed by atoms with E-state index in [-0.39, 0.29) is 18.3 Å². The fraction of sp³-hybridized carbons (Fsp3) is 0.500. The predicted octanol–water partition coefficient (Wildman–Crippen LogP) is 2.31. The molecule has 2 heterocycles. The maximum atomic E-state index is 13.3. The number of carbonyl (C=O) groups excluding carboxylic acids is 1. The number of amides is 1. The third kappa shape index (κ3) is 5.11. The van der Waals surface area contributed by atoms with Gasteiger partial charge in [-0.25, -0.2) is 0 Å². The first-order valence-electron chi connectivity index (χ1n) is 9.77. The molecule has 1 amide bonds. The molecular formula is C20H26F3N5O2. The van der Waals surface area contributed by atoms with E-state index in [1.807, 2.05) is 7.05 Å². The molecule has 164 valence electrons. The summed E-state index contributed by atoms with van der Waals surface area (Å²) in [6.45, 7) is 3.00. The van der Waals surface area contributed by atoms with E-state index in [0.29, 0.717) is 18.7 Å². The topological polar surface area (TPSA) is 71.4 Å². The Hall–Kier alpha value is -2.59. The van der Waals surface area contributed by atoms with E-state index in [0.717, 1.165) is 31.3 Å². The van der Waals surface area contributed by atoms with E-state index in [9.17, 15) is 18.0 Å². The summed E-state index contributed by atoms with van der Waals surface area (Å²) in [6, 6.07) is 7.68. The molecule has 1 atom stereocenters. The molecule has 2 aromatic rings. The van der Waals surface area contributed by atoms with E-state index in [1.54, 1.807) is 24.3 Å². The molecule has 3 rings (SSSR count). The summed E-state index contributed by atoms with van der Waals surface area (Å²) in [5, 5.41) is 9.50. The molecule has 0 spiro atoms. The molecular weight excluding hydrogens is 399 g/mol. The van der Waals surface area contributed by atoms with Crippen molar-refractivity contribution in [3.8, 4) is 5.75 Å². The summed E-state index contributed by atoms with van der Waals surface area (Å²) in [5.41, 5.74) is -0.411. The minimum Gasteiger partial charge on any atom is -0.496 e. The number of likely N-dealkylation sites (N-methyl/N-ethyl adjacent to an activating group) is 1. The van der Waals surface area contributed by atoms with Gasteiger partial charge in [-0.2, -0.15) is 18.3 Å². The first kappa shape index (κ1) is 22.1. The predicted molar refractivity (Wildman–Crippen MR) is 105 cm³/mol. The van der Waals surface area contributed by atoms with Crippen LogP contribution in [0.4, 0.5) is 13.2 Å². The highest BCUT2D eigenvalue weighted by Gasteiger charge is 2.38. The summed E-state index contributed by atoms with van der Waals surface area (Å²) >= 11 is 0. The third-order valence-electron chi connectivity index (χ3n) is 5.16. The maximum absolute atomic E-state index is 13.3. The lowest BCUT2D eigenvalue weighted by atomic mass is 10.2. The van der Waals surface area contributed by atoms with Crippen LogP contribution in [-0.4, -0.2) is 60.9 Å². The Kier molecular flexibility index (Phi) is 6.99. The zero-order valence-corrected chi connectivity index (χ0v) is 17.0. The number of methoxy groups -OCH3 is 1. The number of benzene rings is 1. The number of nitrogens with one attached hydrogen (secondary N) is 2. The summed E-state index contributed by atoms with van der Waals surface area (Å²) in [6.07, 6.45) is -3.98. The van der Waals surface area contributed by atoms with Gasteiger partial charge in [-0.05, 0) is 19.5 Å². The average molecular weight is 425 g/mol. The van der Waals surface area contributed by atoms with Crippen molar-refractivity contribution in [1.29, 1.82) is 0 Å². The van der Waals surface area contributed by atoms with Crippen molar-refractivity contribution in [2.45, 2.75) is 25.2 Å².